The van der Waals surface area contributed by atoms with E-state index in [2.05, 4.69) is 15.9 Å². The van der Waals surface area contributed by atoms with Crippen molar-refractivity contribution in [2.24, 2.45) is 5.92 Å². The third-order valence-electron chi connectivity index (χ3n) is 4.03. The molecule has 3 rings (SSSR count). The minimum Gasteiger partial charge on any atom is -0.342 e. The number of likely N-dealkylation sites (tertiary alicyclic amines) is 1. The van der Waals surface area contributed by atoms with Gasteiger partial charge in [-0.25, -0.2) is 0 Å². The van der Waals surface area contributed by atoms with Crippen LogP contribution in [-0.4, -0.2) is 36.3 Å². The van der Waals surface area contributed by atoms with Gasteiger partial charge >= 0.3 is 0 Å². The van der Waals surface area contributed by atoms with Crippen LogP contribution >= 0.6 is 15.9 Å². The van der Waals surface area contributed by atoms with Gasteiger partial charge in [-0.2, -0.15) is 0 Å². The zero-order chi connectivity index (χ0) is 14.1. The minimum atomic E-state index is -0.177. The molecule has 2 aliphatic rings. The fraction of sp³-hybridized carbons (Fsp3) is 0.467. The molecular formula is C15H17BrN2O2. The summed E-state index contributed by atoms with van der Waals surface area (Å²) in [6, 6.07) is 7.64. The Morgan fingerprint density at radius 1 is 1.15 bits per heavy atom. The van der Waals surface area contributed by atoms with Gasteiger partial charge in [0.05, 0.1) is 5.92 Å². The van der Waals surface area contributed by atoms with Gasteiger partial charge in [0.2, 0.25) is 11.8 Å². The summed E-state index contributed by atoms with van der Waals surface area (Å²) in [6.07, 6.45) is 2.51. The fourth-order valence-corrected chi connectivity index (χ4v) is 3.20. The highest BCUT2D eigenvalue weighted by atomic mass is 79.9. The number of rotatable bonds is 2. The van der Waals surface area contributed by atoms with E-state index in [1.165, 1.54) is 0 Å². The maximum absolute atomic E-state index is 12.4. The maximum Gasteiger partial charge on any atom is 0.228 e. The van der Waals surface area contributed by atoms with Gasteiger partial charge in [0.15, 0.2) is 0 Å². The number of carbonyl (C=O) groups is 2. The highest BCUT2D eigenvalue weighted by molar-refractivity contribution is 9.10. The second-order valence-corrected chi connectivity index (χ2v) is 6.33. The molecule has 0 spiro atoms. The summed E-state index contributed by atoms with van der Waals surface area (Å²) in [5, 5.41) is 0. The number of halogens is 1. The molecule has 5 heteroatoms. The van der Waals surface area contributed by atoms with Gasteiger partial charge in [-0.15, -0.1) is 0 Å². The predicted octanol–water partition coefficient (Wildman–Crippen LogP) is 2.42. The van der Waals surface area contributed by atoms with Crippen LogP contribution in [0, 0.1) is 5.92 Å². The Morgan fingerprint density at radius 2 is 1.80 bits per heavy atom. The quantitative estimate of drug-likeness (QED) is 0.832. The van der Waals surface area contributed by atoms with Crippen LogP contribution in [0.15, 0.2) is 28.7 Å². The van der Waals surface area contributed by atoms with Crippen molar-refractivity contribution in [2.45, 2.75) is 19.3 Å². The molecule has 0 aromatic heterocycles. The largest absolute Gasteiger partial charge is 0.342 e. The lowest BCUT2D eigenvalue weighted by atomic mass is 10.1. The second-order valence-electron chi connectivity index (χ2n) is 5.41. The number of hydrogen-bond donors (Lipinski definition) is 0. The number of benzene rings is 1. The first-order valence-corrected chi connectivity index (χ1v) is 7.79. The Morgan fingerprint density at radius 3 is 2.45 bits per heavy atom. The molecule has 1 aromatic carbocycles. The van der Waals surface area contributed by atoms with E-state index in [4.69, 9.17) is 0 Å². The van der Waals surface area contributed by atoms with Crippen molar-refractivity contribution in [3.05, 3.63) is 28.7 Å². The van der Waals surface area contributed by atoms with Gasteiger partial charge in [0.1, 0.15) is 0 Å². The molecule has 0 aliphatic carbocycles. The topological polar surface area (TPSA) is 40.6 Å². The molecule has 0 unspecified atom stereocenters. The average Bonchev–Trinajstić information content (AvgIpc) is 3.08. The van der Waals surface area contributed by atoms with Crippen molar-refractivity contribution in [3.63, 3.8) is 0 Å². The smallest absolute Gasteiger partial charge is 0.228 e. The van der Waals surface area contributed by atoms with Crippen LogP contribution in [0.4, 0.5) is 5.69 Å². The first-order chi connectivity index (χ1) is 9.65. The van der Waals surface area contributed by atoms with Crippen LogP contribution in [0.25, 0.3) is 0 Å². The Hall–Kier alpha value is -1.36. The van der Waals surface area contributed by atoms with E-state index in [-0.39, 0.29) is 17.7 Å². The number of nitrogens with zero attached hydrogens (tertiary/aromatic N) is 2. The highest BCUT2D eigenvalue weighted by Crippen LogP contribution is 2.28. The third kappa shape index (κ3) is 2.59. The minimum absolute atomic E-state index is 0.0462. The molecule has 2 saturated heterocycles. The van der Waals surface area contributed by atoms with Crippen molar-refractivity contribution in [2.75, 3.05) is 24.5 Å². The first kappa shape index (κ1) is 13.6. The van der Waals surface area contributed by atoms with Crippen molar-refractivity contribution in [1.29, 1.82) is 0 Å². The van der Waals surface area contributed by atoms with E-state index in [0.29, 0.717) is 13.0 Å². The van der Waals surface area contributed by atoms with Crippen molar-refractivity contribution >= 4 is 33.4 Å². The van der Waals surface area contributed by atoms with Crippen LogP contribution in [0.5, 0.6) is 0 Å². The molecule has 2 heterocycles. The Balaban J connectivity index is 1.71. The summed E-state index contributed by atoms with van der Waals surface area (Å²) in [7, 11) is 0. The predicted molar refractivity (Wildman–Crippen MR) is 80.4 cm³/mol. The van der Waals surface area contributed by atoms with Crippen LogP contribution in [0.1, 0.15) is 19.3 Å². The lowest BCUT2D eigenvalue weighted by Gasteiger charge is -2.20. The van der Waals surface area contributed by atoms with E-state index in [1.54, 1.807) is 4.90 Å². The fourth-order valence-electron chi connectivity index (χ4n) is 2.94. The lowest BCUT2D eigenvalue weighted by Crippen LogP contribution is -2.35. The molecule has 2 aliphatic heterocycles. The van der Waals surface area contributed by atoms with E-state index >= 15 is 0 Å². The number of amides is 2. The molecule has 1 aromatic rings. The Kier molecular flexibility index (Phi) is 3.78. The summed E-state index contributed by atoms with van der Waals surface area (Å²) in [6.45, 7) is 2.21. The first-order valence-electron chi connectivity index (χ1n) is 7.00. The third-order valence-corrected chi connectivity index (χ3v) is 4.56. The average molecular weight is 337 g/mol. The zero-order valence-electron chi connectivity index (χ0n) is 11.2. The summed E-state index contributed by atoms with van der Waals surface area (Å²) in [5.74, 6) is 0.0181. The monoisotopic (exact) mass is 336 g/mol. The summed E-state index contributed by atoms with van der Waals surface area (Å²) >= 11 is 3.38. The zero-order valence-corrected chi connectivity index (χ0v) is 12.8. The summed E-state index contributed by atoms with van der Waals surface area (Å²) in [5.41, 5.74) is 0.870. The van der Waals surface area contributed by atoms with E-state index < -0.39 is 0 Å². The van der Waals surface area contributed by atoms with Crippen LogP contribution in [-0.2, 0) is 9.59 Å². The number of carbonyl (C=O) groups excluding carboxylic acids is 2. The number of hydrogen-bond acceptors (Lipinski definition) is 2. The van der Waals surface area contributed by atoms with Crippen LogP contribution in [0.2, 0.25) is 0 Å². The van der Waals surface area contributed by atoms with Crippen LogP contribution < -0.4 is 4.90 Å². The van der Waals surface area contributed by atoms with Gasteiger partial charge in [0.25, 0.3) is 0 Å². The molecule has 0 N–H and O–H groups in total. The normalized spacial score (nSPS) is 22.6. The summed E-state index contributed by atoms with van der Waals surface area (Å²) < 4.78 is 0.984. The molecule has 1 atom stereocenters. The second kappa shape index (κ2) is 5.56. The van der Waals surface area contributed by atoms with Gasteiger partial charge in [-0.1, -0.05) is 15.9 Å². The molecule has 106 valence electrons. The molecule has 20 heavy (non-hydrogen) atoms. The van der Waals surface area contributed by atoms with Gasteiger partial charge < -0.3 is 9.80 Å². The summed E-state index contributed by atoms with van der Waals surface area (Å²) in [4.78, 5) is 28.1. The van der Waals surface area contributed by atoms with Crippen LogP contribution in [0.3, 0.4) is 0 Å². The molecule has 2 amide bonds. The standard InChI is InChI=1S/C15H17BrN2O2/c16-12-3-5-13(6-4-12)18-10-11(9-14(18)19)15(20)17-7-1-2-8-17/h3-6,11H,1-2,7-10H2/t11-/m1/s1. The highest BCUT2D eigenvalue weighted by Gasteiger charge is 2.37. The molecule has 4 nitrogen and oxygen atoms in total. The van der Waals surface area contributed by atoms with Crippen molar-refractivity contribution in [1.82, 2.24) is 4.90 Å². The molecule has 0 radical (unpaired) electrons. The van der Waals surface area contributed by atoms with E-state index in [9.17, 15) is 9.59 Å². The SMILES string of the molecule is O=C([C@@H]1CC(=O)N(c2ccc(Br)cc2)C1)N1CCCC1. The molecule has 0 saturated carbocycles. The van der Waals surface area contributed by atoms with E-state index in [1.807, 2.05) is 29.2 Å². The molecule has 2 fully saturated rings. The molecule has 0 bridgehead atoms. The molecular weight excluding hydrogens is 320 g/mol. The van der Waals surface area contributed by atoms with E-state index in [0.717, 1.165) is 36.1 Å². The maximum atomic E-state index is 12.4. The van der Waals surface area contributed by atoms with Gasteiger partial charge in [-0.05, 0) is 37.1 Å². The Labute approximate surface area is 126 Å². The lowest BCUT2D eigenvalue weighted by molar-refractivity contribution is -0.134. The number of anilines is 1. The van der Waals surface area contributed by atoms with Crippen molar-refractivity contribution < 1.29 is 9.59 Å². The van der Waals surface area contributed by atoms with Gasteiger partial charge in [0, 0.05) is 36.2 Å². The van der Waals surface area contributed by atoms with Crippen molar-refractivity contribution in [3.8, 4) is 0 Å². The Bertz CT molecular complexity index is 523. The van der Waals surface area contributed by atoms with Gasteiger partial charge in [-0.3, -0.25) is 9.59 Å².